The second-order valence-corrected chi connectivity index (χ2v) is 7.11. The molecule has 0 atom stereocenters. The van der Waals surface area contributed by atoms with Gasteiger partial charge in [0.25, 0.3) is 5.56 Å². The quantitative estimate of drug-likeness (QED) is 0.785. The third kappa shape index (κ3) is 2.36. The van der Waals surface area contributed by atoms with E-state index in [0.29, 0.717) is 0 Å². The van der Waals surface area contributed by atoms with Crippen LogP contribution in [0.2, 0.25) is 0 Å². The van der Waals surface area contributed by atoms with Crippen molar-refractivity contribution in [1.82, 2.24) is 4.57 Å². The van der Waals surface area contributed by atoms with E-state index in [9.17, 15) is 4.79 Å². The molecular formula is C16H18N2OS. The SMILES string of the molecule is CC(C)(C)c1ccc(/C=c2/sc3n(c2=O)CCN=3)cc1. The molecular weight excluding hydrogens is 268 g/mol. The van der Waals surface area contributed by atoms with Gasteiger partial charge in [0, 0.05) is 6.54 Å². The van der Waals surface area contributed by atoms with E-state index in [1.54, 1.807) is 4.57 Å². The van der Waals surface area contributed by atoms with E-state index in [-0.39, 0.29) is 11.0 Å². The first kappa shape index (κ1) is 13.3. The molecule has 0 N–H and O–H groups in total. The van der Waals surface area contributed by atoms with Crippen LogP contribution >= 0.6 is 11.3 Å². The number of fused-ring (bicyclic) bond motifs is 1. The van der Waals surface area contributed by atoms with E-state index in [4.69, 9.17) is 0 Å². The van der Waals surface area contributed by atoms with Crippen LogP contribution in [0, 0.1) is 0 Å². The number of hydrogen-bond acceptors (Lipinski definition) is 3. The van der Waals surface area contributed by atoms with Gasteiger partial charge in [0.15, 0.2) is 4.80 Å². The number of thiazole rings is 1. The van der Waals surface area contributed by atoms with Crippen LogP contribution in [-0.4, -0.2) is 11.1 Å². The van der Waals surface area contributed by atoms with Crippen LogP contribution in [0.5, 0.6) is 0 Å². The fraction of sp³-hybridized carbons (Fsp3) is 0.375. The summed E-state index contributed by atoms with van der Waals surface area (Å²) in [7, 11) is 0. The molecule has 0 saturated heterocycles. The minimum Gasteiger partial charge on any atom is -0.282 e. The van der Waals surface area contributed by atoms with Crippen molar-refractivity contribution < 1.29 is 0 Å². The Balaban J connectivity index is 2.03. The minimum atomic E-state index is 0.0890. The highest BCUT2D eigenvalue weighted by Gasteiger charge is 2.13. The number of hydrogen-bond donors (Lipinski definition) is 0. The van der Waals surface area contributed by atoms with Crippen LogP contribution in [0.1, 0.15) is 31.9 Å². The van der Waals surface area contributed by atoms with Gasteiger partial charge in [-0.15, -0.1) is 0 Å². The van der Waals surface area contributed by atoms with Crippen molar-refractivity contribution in [2.45, 2.75) is 32.7 Å². The van der Waals surface area contributed by atoms with Crippen molar-refractivity contribution in [2.75, 3.05) is 6.54 Å². The lowest BCUT2D eigenvalue weighted by atomic mass is 9.87. The lowest BCUT2D eigenvalue weighted by Gasteiger charge is -2.18. The average Bonchev–Trinajstić information content (AvgIpc) is 2.94. The first-order chi connectivity index (χ1) is 9.45. The Bertz CT molecular complexity index is 804. The normalized spacial score (nSPS) is 15.2. The highest BCUT2D eigenvalue weighted by molar-refractivity contribution is 7.07. The molecule has 4 heteroatoms. The summed E-state index contributed by atoms with van der Waals surface area (Å²) in [6, 6.07) is 8.42. The predicted octanol–water partition coefficient (Wildman–Crippen LogP) is 1.67. The average molecular weight is 286 g/mol. The highest BCUT2D eigenvalue weighted by atomic mass is 32.1. The van der Waals surface area contributed by atoms with Gasteiger partial charge in [-0.05, 0) is 22.6 Å². The van der Waals surface area contributed by atoms with Crippen molar-refractivity contribution in [3.63, 3.8) is 0 Å². The molecule has 0 amide bonds. The Kier molecular flexibility index (Phi) is 3.13. The molecule has 1 aromatic carbocycles. The minimum absolute atomic E-state index is 0.0890. The molecule has 3 rings (SSSR count). The number of rotatable bonds is 1. The van der Waals surface area contributed by atoms with Crippen LogP contribution in [0.4, 0.5) is 0 Å². The standard InChI is InChI=1S/C16H18N2OS/c1-16(2,3)12-6-4-11(5-7-12)10-13-14(19)18-9-8-17-15(18)20-13/h4-7,10H,8-9H2,1-3H3/b13-10+. The molecule has 0 saturated carbocycles. The van der Waals surface area contributed by atoms with E-state index in [2.05, 4.69) is 50.0 Å². The summed E-state index contributed by atoms with van der Waals surface area (Å²) in [6.07, 6.45) is 1.96. The third-order valence-electron chi connectivity index (χ3n) is 3.53. The van der Waals surface area contributed by atoms with Gasteiger partial charge in [-0.2, -0.15) is 0 Å². The van der Waals surface area contributed by atoms with Crippen molar-refractivity contribution in [1.29, 1.82) is 0 Å². The molecule has 0 radical (unpaired) electrons. The van der Waals surface area contributed by atoms with E-state index in [1.807, 2.05) is 6.08 Å². The van der Waals surface area contributed by atoms with E-state index in [1.165, 1.54) is 16.9 Å². The molecule has 1 aliphatic heterocycles. The maximum absolute atomic E-state index is 12.2. The molecule has 2 aromatic rings. The Hall–Kier alpha value is -1.68. The Morgan fingerprint density at radius 3 is 2.55 bits per heavy atom. The second kappa shape index (κ2) is 4.70. The smallest absolute Gasteiger partial charge is 0.270 e. The topological polar surface area (TPSA) is 34.4 Å². The molecule has 104 valence electrons. The fourth-order valence-corrected chi connectivity index (χ4v) is 3.33. The van der Waals surface area contributed by atoms with Gasteiger partial charge in [-0.3, -0.25) is 14.4 Å². The second-order valence-electron chi connectivity index (χ2n) is 6.10. The van der Waals surface area contributed by atoms with Gasteiger partial charge in [-0.25, -0.2) is 0 Å². The van der Waals surface area contributed by atoms with Gasteiger partial charge >= 0.3 is 0 Å². The van der Waals surface area contributed by atoms with Crippen molar-refractivity contribution in [2.24, 2.45) is 4.99 Å². The molecule has 0 unspecified atom stereocenters. The summed E-state index contributed by atoms with van der Waals surface area (Å²) in [4.78, 5) is 17.4. The molecule has 3 nitrogen and oxygen atoms in total. The lowest BCUT2D eigenvalue weighted by molar-refractivity contribution is 0.590. The van der Waals surface area contributed by atoms with Gasteiger partial charge in [0.2, 0.25) is 0 Å². The predicted molar refractivity (Wildman–Crippen MR) is 82.9 cm³/mol. The third-order valence-corrected chi connectivity index (χ3v) is 4.58. The van der Waals surface area contributed by atoms with Crippen LogP contribution in [0.3, 0.4) is 0 Å². The zero-order valence-electron chi connectivity index (χ0n) is 12.0. The van der Waals surface area contributed by atoms with E-state index in [0.717, 1.165) is 28.0 Å². The van der Waals surface area contributed by atoms with E-state index < -0.39 is 0 Å². The summed E-state index contributed by atoms with van der Waals surface area (Å²) >= 11 is 1.48. The van der Waals surface area contributed by atoms with Gasteiger partial charge in [0.05, 0.1) is 11.1 Å². The summed E-state index contributed by atoms with van der Waals surface area (Å²) < 4.78 is 2.53. The summed E-state index contributed by atoms with van der Waals surface area (Å²) in [6.45, 7) is 8.05. The van der Waals surface area contributed by atoms with Crippen LogP contribution in [0.25, 0.3) is 6.08 Å². The molecule has 1 aliphatic rings. The maximum atomic E-state index is 12.2. The number of benzene rings is 1. The molecule has 2 heterocycles. The Labute approximate surface area is 121 Å². The van der Waals surface area contributed by atoms with Gasteiger partial charge in [0.1, 0.15) is 0 Å². The molecule has 0 fully saturated rings. The van der Waals surface area contributed by atoms with Crippen LogP contribution in [-0.2, 0) is 12.0 Å². The summed E-state index contributed by atoms with van der Waals surface area (Å²) in [5, 5.41) is 0. The van der Waals surface area contributed by atoms with Crippen molar-refractivity contribution in [3.8, 4) is 0 Å². The van der Waals surface area contributed by atoms with Crippen molar-refractivity contribution in [3.05, 3.63) is 55.1 Å². The Morgan fingerprint density at radius 2 is 1.95 bits per heavy atom. The monoisotopic (exact) mass is 286 g/mol. The molecule has 0 spiro atoms. The largest absolute Gasteiger partial charge is 0.282 e. The van der Waals surface area contributed by atoms with Crippen molar-refractivity contribution >= 4 is 17.4 Å². The summed E-state index contributed by atoms with van der Waals surface area (Å²) in [5.74, 6) is 0. The molecule has 1 aromatic heterocycles. The number of aromatic nitrogens is 1. The zero-order chi connectivity index (χ0) is 14.3. The lowest BCUT2D eigenvalue weighted by Crippen LogP contribution is -2.29. The molecule has 20 heavy (non-hydrogen) atoms. The molecule has 0 aliphatic carbocycles. The van der Waals surface area contributed by atoms with E-state index >= 15 is 0 Å². The summed E-state index contributed by atoms with van der Waals surface area (Å²) in [5.41, 5.74) is 2.61. The highest BCUT2D eigenvalue weighted by Crippen LogP contribution is 2.22. The van der Waals surface area contributed by atoms with Crippen LogP contribution < -0.4 is 14.9 Å². The first-order valence-corrected chi connectivity index (χ1v) is 7.63. The maximum Gasteiger partial charge on any atom is 0.270 e. The van der Waals surface area contributed by atoms with Gasteiger partial charge in [-0.1, -0.05) is 56.4 Å². The fourth-order valence-electron chi connectivity index (χ4n) is 2.30. The molecule has 0 bridgehead atoms. The zero-order valence-corrected chi connectivity index (χ0v) is 12.8. The Morgan fingerprint density at radius 1 is 1.25 bits per heavy atom. The number of nitrogens with zero attached hydrogens (tertiary/aromatic N) is 2. The first-order valence-electron chi connectivity index (χ1n) is 6.81. The van der Waals surface area contributed by atoms with Crippen LogP contribution in [0.15, 0.2) is 34.1 Å². The van der Waals surface area contributed by atoms with Gasteiger partial charge < -0.3 is 0 Å².